The van der Waals surface area contributed by atoms with Crippen LogP contribution in [-0.2, 0) is 11.8 Å². The minimum Gasteiger partial charge on any atom is -0.504 e. The van der Waals surface area contributed by atoms with Crippen molar-refractivity contribution in [3.05, 3.63) is 53.3 Å². The number of nitrogens with one attached hydrogen (secondary N) is 1. The van der Waals surface area contributed by atoms with Crippen molar-refractivity contribution < 1.29 is 19.7 Å². The summed E-state index contributed by atoms with van der Waals surface area (Å²) in [4.78, 5) is 19.1. The minimum atomic E-state index is -0.950. The number of pyridine rings is 1. The van der Waals surface area contributed by atoms with Crippen LogP contribution in [0.4, 0.5) is 0 Å². The lowest BCUT2D eigenvalue weighted by molar-refractivity contribution is -0.186. The molecule has 2 fully saturated rings. The van der Waals surface area contributed by atoms with Gasteiger partial charge in [0.05, 0.1) is 17.1 Å². The third-order valence-corrected chi connectivity index (χ3v) is 7.99. The molecule has 1 spiro atoms. The maximum absolute atomic E-state index is 12.9. The number of carbonyl (C=O) groups excluding carboxylic acids is 1. The first-order valence-electron chi connectivity index (χ1n) is 10.6. The molecule has 30 heavy (non-hydrogen) atoms. The Bertz CT molecular complexity index is 1040. The first kappa shape index (κ1) is 18.2. The molecule has 2 aromatic rings. The second kappa shape index (κ2) is 5.95. The predicted molar refractivity (Wildman–Crippen MR) is 109 cm³/mol. The fraction of sp³-hybridized carbons (Fsp3) is 0.478. The number of ether oxygens (including phenoxy) is 1. The van der Waals surface area contributed by atoms with E-state index in [-0.39, 0.29) is 23.7 Å². The Kier molecular flexibility index (Phi) is 3.60. The number of carbonyl (C=O) groups is 1. The van der Waals surface area contributed by atoms with Gasteiger partial charge in [-0.2, -0.15) is 0 Å². The van der Waals surface area contributed by atoms with Crippen molar-refractivity contribution in [1.29, 1.82) is 0 Å². The number of phenols is 1. The number of hydrogen-bond acceptors (Lipinski definition) is 6. The normalized spacial score (nSPS) is 36.0. The summed E-state index contributed by atoms with van der Waals surface area (Å²) in [5.74, 6) is 0.425. The Balaban J connectivity index is 1.46. The molecule has 6 rings (SSSR count). The van der Waals surface area contributed by atoms with Crippen LogP contribution in [-0.4, -0.2) is 63.4 Å². The number of aromatic nitrogens is 1. The fourth-order valence-corrected chi connectivity index (χ4v) is 6.66. The molecule has 5 atom stereocenters. The highest BCUT2D eigenvalue weighted by molar-refractivity contribution is 5.94. The Labute approximate surface area is 174 Å². The number of benzene rings is 1. The number of piperidine rings is 1. The van der Waals surface area contributed by atoms with Crippen molar-refractivity contribution in [3.63, 3.8) is 0 Å². The SMILES string of the molecule is CN1CC[C@]23c4c5ccc(O)c4O[C@H]2[C@@H](NC(=O)c2ccncc2)CC[C@@]3(O)[C@H]1C5. The smallest absolute Gasteiger partial charge is 0.251 e. The van der Waals surface area contributed by atoms with Crippen molar-refractivity contribution in [2.24, 2.45) is 0 Å². The third kappa shape index (κ3) is 2.07. The van der Waals surface area contributed by atoms with Gasteiger partial charge in [-0.05, 0) is 63.0 Å². The number of likely N-dealkylation sites (N-methyl/N-ethyl adjacent to an activating group) is 1. The van der Waals surface area contributed by atoms with Crippen molar-refractivity contribution in [1.82, 2.24) is 15.2 Å². The number of amides is 1. The molecule has 3 heterocycles. The van der Waals surface area contributed by atoms with E-state index >= 15 is 0 Å². The van der Waals surface area contributed by atoms with Crippen molar-refractivity contribution in [2.45, 2.75) is 54.9 Å². The van der Waals surface area contributed by atoms with E-state index in [4.69, 9.17) is 4.74 Å². The van der Waals surface area contributed by atoms with Crippen LogP contribution in [0.25, 0.3) is 0 Å². The molecule has 7 heteroatoms. The standard InChI is InChI=1S/C23H25N3O4/c1-26-11-8-22-18-14-2-3-16(27)19(18)30-20(22)15(4-7-23(22,29)17(26)12-14)25-21(28)13-5-9-24-10-6-13/h2-3,5-6,9-10,15,17,20,27,29H,4,7-8,11-12H2,1H3,(H,25,28)/t15-,17+,20-,22-,23+/m0/s1. The van der Waals surface area contributed by atoms with Crippen LogP contribution in [0.3, 0.4) is 0 Å². The summed E-state index contributed by atoms with van der Waals surface area (Å²) >= 11 is 0. The molecule has 0 radical (unpaired) electrons. The van der Waals surface area contributed by atoms with E-state index < -0.39 is 17.1 Å². The highest BCUT2D eigenvalue weighted by Gasteiger charge is 2.72. The molecule has 1 saturated heterocycles. The van der Waals surface area contributed by atoms with Crippen LogP contribution in [0, 0.1) is 0 Å². The van der Waals surface area contributed by atoms with E-state index in [0.29, 0.717) is 24.2 Å². The number of aliphatic hydroxyl groups is 1. The van der Waals surface area contributed by atoms with E-state index in [9.17, 15) is 15.0 Å². The quantitative estimate of drug-likeness (QED) is 0.696. The van der Waals surface area contributed by atoms with Crippen LogP contribution >= 0.6 is 0 Å². The topological polar surface area (TPSA) is 94.9 Å². The van der Waals surface area contributed by atoms with Crippen LogP contribution < -0.4 is 10.1 Å². The van der Waals surface area contributed by atoms with Crippen LogP contribution in [0.2, 0.25) is 0 Å². The Morgan fingerprint density at radius 1 is 1.27 bits per heavy atom. The number of likely N-dealkylation sites (tertiary alicyclic amines) is 1. The second-order valence-corrected chi connectivity index (χ2v) is 9.19. The maximum Gasteiger partial charge on any atom is 0.251 e. The van der Waals surface area contributed by atoms with E-state index in [1.54, 1.807) is 30.6 Å². The van der Waals surface area contributed by atoms with Gasteiger partial charge < -0.3 is 25.2 Å². The van der Waals surface area contributed by atoms with Gasteiger partial charge in [-0.15, -0.1) is 0 Å². The fourth-order valence-electron chi connectivity index (χ4n) is 6.66. The van der Waals surface area contributed by atoms with Gasteiger partial charge in [-0.3, -0.25) is 9.78 Å². The molecule has 1 saturated carbocycles. The van der Waals surface area contributed by atoms with Gasteiger partial charge in [0.2, 0.25) is 0 Å². The molecule has 0 unspecified atom stereocenters. The first-order chi connectivity index (χ1) is 14.5. The van der Waals surface area contributed by atoms with Crippen LogP contribution in [0.15, 0.2) is 36.7 Å². The summed E-state index contributed by atoms with van der Waals surface area (Å²) in [5, 5.41) is 25.8. The van der Waals surface area contributed by atoms with E-state index in [2.05, 4.69) is 22.2 Å². The number of hydrogen-bond donors (Lipinski definition) is 3. The molecule has 3 N–H and O–H groups in total. The van der Waals surface area contributed by atoms with Gasteiger partial charge in [-0.25, -0.2) is 0 Å². The molecule has 1 aromatic heterocycles. The third-order valence-electron chi connectivity index (χ3n) is 7.99. The lowest BCUT2D eigenvalue weighted by Gasteiger charge is -2.63. The molecule has 7 nitrogen and oxygen atoms in total. The molecule has 4 aliphatic rings. The zero-order valence-corrected chi connectivity index (χ0v) is 16.8. The molecular formula is C23H25N3O4. The largest absolute Gasteiger partial charge is 0.504 e. The Hall–Kier alpha value is -2.64. The number of aromatic hydroxyl groups is 1. The zero-order chi connectivity index (χ0) is 20.7. The summed E-state index contributed by atoms with van der Waals surface area (Å²) in [6.45, 7) is 0.840. The molecule has 1 aromatic carbocycles. The average molecular weight is 407 g/mol. The van der Waals surface area contributed by atoms with Gasteiger partial charge >= 0.3 is 0 Å². The predicted octanol–water partition coefficient (Wildman–Crippen LogP) is 1.37. The monoisotopic (exact) mass is 407 g/mol. The molecule has 2 bridgehead atoms. The lowest BCUT2D eigenvalue weighted by atomic mass is 9.48. The highest BCUT2D eigenvalue weighted by atomic mass is 16.5. The van der Waals surface area contributed by atoms with E-state index in [0.717, 1.165) is 30.5 Å². The van der Waals surface area contributed by atoms with Gasteiger partial charge in [-0.1, -0.05) is 6.07 Å². The second-order valence-electron chi connectivity index (χ2n) is 9.19. The molecular weight excluding hydrogens is 382 g/mol. The number of nitrogens with zero attached hydrogens (tertiary/aromatic N) is 2. The first-order valence-corrected chi connectivity index (χ1v) is 10.6. The lowest BCUT2D eigenvalue weighted by Crippen LogP contribution is -2.77. The van der Waals surface area contributed by atoms with Crippen molar-refractivity contribution >= 4 is 5.91 Å². The van der Waals surface area contributed by atoms with Gasteiger partial charge in [0, 0.05) is 29.6 Å². The maximum atomic E-state index is 12.9. The Morgan fingerprint density at radius 3 is 2.87 bits per heavy atom. The Morgan fingerprint density at radius 2 is 2.07 bits per heavy atom. The average Bonchev–Trinajstić information content (AvgIpc) is 3.11. The van der Waals surface area contributed by atoms with E-state index in [1.807, 2.05) is 6.07 Å². The van der Waals surface area contributed by atoms with Crippen LogP contribution in [0.1, 0.15) is 40.7 Å². The molecule has 156 valence electrons. The van der Waals surface area contributed by atoms with Crippen molar-refractivity contribution in [3.8, 4) is 11.5 Å². The summed E-state index contributed by atoms with van der Waals surface area (Å²) in [5.41, 5.74) is 1.07. The minimum absolute atomic E-state index is 0.00260. The molecule has 1 amide bonds. The number of rotatable bonds is 2. The number of phenolic OH excluding ortho intramolecular Hbond substituents is 1. The summed E-state index contributed by atoms with van der Waals surface area (Å²) in [7, 11) is 2.07. The summed E-state index contributed by atoms with van der Waals surface area (Å²) < 4.78 is 6.40. The van der Waals surface area contributed by atoms with Gasteiger partial charge in [0.25, 0.3) is 5.91 Å². The van der Waals surface area contributed by atoms with Gasteiger partial charge in [0.15, 0.2) is 11.5 Å². The van der Waals surface area contributed by atoms with Gasteiger partial charge in [0.1, 0.15) is 6.10 Å². The van der Waals surface area contributed by atoms with Crippen molar-refractivity contribution in [2.75, 3.05) is 13.6 Å². The zero-order valence-electron chi connectivity index (χ0n) is 16.8. The highest BCUT2D eigenvalue weighted by Crippen LogP contribution is 2.65. The summed E-state index contributed by atoms with van der Waals surface area (Å²) in [6.07, 6.45) is 5.45. The summed E-state index contributed by atoms with van der Waals surface area (Å²) in [6, 6.07) is 6.77. The van der Waals surface area contributed by atoms with E-state index in [1.165, 1.54) is 0 Å². The van der Waals surface area contributed by atoms with Crippen LogP contribution in [0.5, 0.6) is 11.5 Å². The molecule has 2 aliphatic heterocycles. The molecule has 2 aliphatic carbocycles.